The van der Waals surface area contributed by atoms with Crippen molar-refractivity contribution in [2.24, 2.45) is 0 Å². The first-order chi connectivity index (χ1) is 7.47. The van der Waals surface area contributed by atoms with Gasteiger partial charge in [-0.15, -0.1) is 12.4 Å². The van der Waals surface area contributed by atoms with Crippen molar-refractivity contribution in [3.05, 3.63) is 34.3 Å². The molecule has 0 saturated carbocycles. The summed E-state index contributed by atoms with van der Waals surface area (Å²) >= 11 is 5.71. The first kappa shape index (κ1) is 14.6. The zero-order valence-corrected chi connectivity index (χ0v) is 10.4. The highest BCUT2D eigenvalue weighted by atomic mass is 35.5. The molecular weight excluding hydrogens is 274 g/mol. The summed E-state index contributed by atoms with van der Waals surface area (Å²) in [6.07, 6.45) is -3.47. The Kier molecular flexibility index (Phi) is 4.69. The van der Waals surface area contributed by atoms with E-state index in [1.807, 2.05) is 0 Å². The topological polar surface area (TPSA) is 12.0 Å². The molecule has 0 amide bonds. The van der Waals surface area contributed by atoms with Crippen LogP contribution in [0.1, 0.15) is 23.5 Å². The van der Waals surface area contributed by atoms with Gasteiger partial charge in [0.05, 0.1) is 5.56 Å². The fraction of sp³-hybridized carbons (Fsp3) is 0.455. The lowest BCUT2D eigenvalue weighted by Crippen LogP contribution is -2.10. The van der Waals surface area contributed by atoms with E-state index in [1.165, 1.54) is 6.07 Å². The number of alkyl halides is 3. The van der Waals surface area contributed by atoms with E-state index >= 15 is 0 Å². The molecule has 6 heteroatoms. The molecule has 1 aromatic rings. The molecule has 0 spiro atoms. The van der Waals surface area contributed by atoms with Gasteiger partial charge in [0.1, 0.15) is 0 Å². The van der Waals surface area contributed by atoms with Gasteiger partial charge in [-0.2, -0.15) is 13.2 Å². The van der Waals surface area contributed by atoms with Crippen molar-refractivity contribution in [1.29, 1.82) is 0 Å². The Morgan fingerprint density at radius 1 is 1.24 bits per heavy atom. The molecule has 1 atom stereocenters. The molecular formula is C11H12Cl2F3N. The average molecular weight is 286 g/mol. The molecule has 1 aliphatic heterocycles. The summed E-state index contributed by atoms with van der Waals surface area (Å²) in [4.78, 5) is 0. The first-order valence-corrected chi connectivity index (χ1v) is 5.43. The van der Waals surface area contributed by atoms with Gasteiger partial charge in [0.25, 0.3) is 0 Å². The fourth-order valence-electron chi connectivity index (χ4n) is 1.95. The number of rotatable bonds is 1. The van der Waals surface area contributed by atoms with Crippen molar-refractivity contribution in [1.82, 2.24) is 5.32 Å². The van der Waals surface area contributed by atoms with Crippen molar-refractivity contribution in [3.63, 3.8) is 0 Å². The van der Waals surface area contributed by atoms with E-state index in [0.29, 0.717) is 5.56 Å². The Morgan fingerprint density at radius 3 is 2.47 bits per heavy atom. The average Bonchev–Trinajstić information content (AvgIpc) is 2.68. The van der Waals surface area contributed by atoms with Crippen LogP contribution in [0.25, 0.3) is 0 Å². The normalized spacial score (nSPS) is 20.1. The van der Waals surface area contributed by atoms with Gasteiger partial charge in [-0.05, 0) is 42.6 Å². The second-order valence-electron chi connectivity index (χ2n) is 3.96. The molecule has 2 rings (SSSR count). The summed E-state index contributed by atoms with van der Waals surface area (Å²) in [7, 11) is 0. The van der Waals surface area contributed by atoms with Crippen LogP contribution < -0.4 is 5.32 Å². The molecule has 1 aromatic carbocycles. The molecule has 0 bridgehead atoms. The zero-order valence-electron chi connectivity index (χ0n) is 8.85. The predicted octanol–water partition coefficient (Wildman–Crippen LogP) is 3.86. The highest BCUT2D eigenvalue weighted by Crippen LogP contribution is 2.34. The van der Waals surface area contributed by atoms with Gasteiger partial charge in [-0.25, -0.2) is 0 Å². The van der Waals surface area contributed by atoms with Gasteiger partial charge >= 0.3 is 6.18 Å². The number of halogens is 5. The Balaban J connectivity index is 0.00000144. The number of hydrogen-bond donors (Lipinski definition) is 1. The smallest absolute Gasteiger partial charge is 0.316 e. The molecule has 1 aliphatic rings. The third-order valence-corrected chi connectivity index (χ3v) is 3.00. The number of hydrogen-bond acceptors (Lipinski definition) is 1. The van der Waals surface area contributed by atoms with E-state index in [4.69, 9.17) is 11.6 Å². The van der Waals surface area contributed by atoms with Crippen molar-refractivity contribution < 1.29 is 13.2 Å². The Bertz CT molecular complexity index is 387. The number of benzene rings is 1. The van der Waals surface area contributed by atoms with Crippen LogP contribution in [0.2, 0.25) is 5.02 Å². The highest BCUT2D eigenvalue weighted by Gasteiger charge is 2.32. The van der Waals surface area contributed by atoms with Crippen LogP contribution in [-0.4, -0.2) is 13.1 Å². The molecule has 0 aromatic heterocycles. The summed E-state index contributed by atoms with van der Waals surface area (Å²) in [6, 6.07) is 3.78. The summed E-state index contributed by atoms with van der Waals surface area (Å²) < 4.78 is 37.7. The first-order valence-electron chi connectivity index (χ1n) is 5.05. The van der Waals surface area contributed by atoms with Crippen molar-refractivity contribution >= 4 is 24.0 Å². The van der Waals surface area contributed by atoms with Crippen LogP contribution in [0, 0.1) is 0 Å². The predicted molar refractivity (Wildman–Crippen MR) is 63.9 cm³/mol. The van der Waals surface area contributed by atoms with Gasteiger partial charge < -0.3 is 5.32 Å². The van der Waals surface area contributed by atoms with E-state index in [0.717, 1.165) is 25.6 Å². The number of nitrogens with one attached hydrogen (secondary N) is 1. The third-order valence-electron chi connectivity index (χ3n) is 2.78. The van der Waals surface area contributed by atoms with E-state index in [1.54, 1.807) is 6.07 Å². The van der Waals surface area contributed by atoms with E-state index < -0.39 is 11.7 Å². The van der Waals surface area contributed by atoms with Crippen LogP contribution >= 0.6 is 24.0 Å². The SMILES string of the molecule is Cl.FC(F)(F)c1cc(Cl)cc(C2CCNC2)c1. The van der Waals surface area contributed by atoms with E-state index in [2.05, 4.69) is 5.32 Å². The zero-order chi connectivity index (χ0) is 11.8. The molecule has 0 radical (unpaired) electrons. The molecule has 1 nitrogen and oxygen atoms in total. The molecule has 1 unspecified atom stereocenters. The maximum Gasteiger partial charge on any atom is 0.416 e. The lowest BCUT2D eigenvalue weighted by molar-refractivity contribution is -0.137. The van der Waals surface area contributed by atoms with Crippen LogP contribution in [0.5, 0.6) is 0 Å². The minimum Gasteiger partial charge on any atom is -0.316 e. The molecule has 1 saturated heterocycles. The van der Waals surface area contributed by atoms with Crippen LogP contribution in [0.3, 0.4) is 0 Å². The van der Waals surface area contributed by atoms with Crippen LogP contribution in [0.4, 0.5) is 13.2 Å². The molecule has 96 valence electrons. The summed E-state index contributed by atoms with van der Waals surface area (Å²) in [5.41, 5.74) is 0.00623. The van der Waals surface area contributed by atoms with Gasteiger partial charge in [0.15, 0.2) is 0 Å². The monoisotopic (exact) mass is 285 g/mol. The lowest BCUT2D eigenvalue weighted by atomic mass is 9.96. The molecule has 1 heterocycles. The largest absolute Gasteiger partial charge is 0.416 e. The second-order valence-corrected chi connectivity index (χ2v) is 4.40. The highest BCUT2D eigenvalue weighted by molar-refractivity contribution is 6.30. The molecule has 1 N–H and O–H groups in total. The standard InChI is InChI=1S/C11H11ClF3N.ClH/c12-10-4-8(7-1-2-16-6-7)3-9(5-10)11(13,14)15;/h3-5,7,16H,1-2,6H2;1H. The minimum atomic E-state index is -4.33. The van der Waals surface area contributed by atoms with Crippen LogP contribution in [-0.2, 0) is 6.18 Å². The lowest BCUT2D eigenvalue weighted by Gasteiger charge is -2.13. The second kappa shape index (κ2) is 5.46. The fourth-order valence-corrected chi connectivity index (χ4v) is 2.19. The van der Waals surface area contributed by atoms with Gasteiger partial charge in [0, 0.05) is 11.6 Å². The Labute approximate surface area is 109 Å². The molecule has 17 heavy (non-hydrogen) atoms. The minimum absolute atomic E-state index is 0. The van der Waals surface area contributed by atoms with Gasteiger partial charge in [-0.1, -0.05) is 11.6 Å². The third kappa shape index (κ3) is 3.50. The quantitative estimate of drug-likeness (QED) is 0.826. The summed E-state index contributed by atoms with van der Waals surface area (Å²) in [5, 5.41) is 3.27. The van der Waals surface area contributed by atoms with E-state index in [-0.39, 0.29) is 23.3 Å². The summed E-state index contributed by atoms with van der Waals surface area (Å²) in [5.74, 6) is 0.139. The summed E-state index contributed by atoms with van der Waals surface area (Å²) in [6.45, 7) is 1.57. The maximum absolute atomic E-state index is 12.6. The maximum atomic E-state index is 12.6. The van der Waals surface area contributed by atoms with Crippen molar-refractivity contribution in [2.45, 2.75) is 18.5 Å². The van der Waals surface area contributed by atoms with Crippen molar-refractivity contribution in [3.8, 4) is 0 Å². The van der Waals surface area contributed by atoms with Crippen molar-refractivity contribution in [2.75, 3.05) is 13.1 Å². The molecule has 0 aliphatic carbocycles. The van der Waals surface area contributed by atoms with E-state index in [9.17, 15) is 13.2 Å². The van der Waals surface area contributed by atoms with Crippen LogP contribution in [0.15, 0.2) is 18.2 Å². The van der Waals surface area contributed by atoms with Gasteiger partial charge in [0.2, 0.25) is 0 Å². The Morgan fingerprint density at radius 2 is 1.94 bits per heavy atom. The van der Waals surface area contributed by atoms with Gasteiger partial charge in [-0.3, -0.25) is 0 Å². The Hall–Kier alpha value is -0.450. The molecule has 1 fully saturated rings.